The SMILES string of the molecule is CC(=O)c1sc(NC(=O)Cc2csc3nc(-c4ccc(F)cc4)cn23)nc1-c1ccccc1. The molecule has 0 aliphatic heterocycles. The third-order valence-electron chi connectivity index (χ3n) is 5.01. The van der Waals surface area contributed by atoms with Crippen molar-refractivity contribution in [1.82, 2.24) is 14.4 Å². The Morgan fingerprint density at radius 1 is 1.03 bits per heavy atom. The molecule has 1 N–H and O–H groups in total. The zero-order chi connectivity index (χ0) is 22.9. The van der Waals surface area contributed by atoms with Crippen LogP contribution in [0.2, 0.25) is 0 Å². The van der Waals surface area contributed by atoms with E-state index in [4.69, 9.17) is 0 Å². The van der Waals surface area contributed by atoms with Crippen molar-refractivity contribution in [3.8, 4) is 22.5 Å². The molecule has 0 spiro atoms. The van der Waals surface area contributed by atoms with Gasteiger partial charge in [-0.15, -0.1) is 11.3 Å². The molecule has 0 saturated heterocycles. The minimum Gasteiger partial charge on any atom is -0.302 e. The van der Waals surface area contributed by atoms with Gasteiger partial charge in [-0.25, -0.2) is 14.4 Å². The maximum absolute atomic E-state index is 13.2. The second-order valence-corrected chi connectivity index (χ2v) is 9.19. The predicted molar refractivity (Wildman–Crippen MR) is 128 cm³/mol. The molecule has 0 aliphatic carbocycles. The van der Waals surface area contributed by atoms with Crippen molar-refractivity contribution >= 4 is 44.5 Å². The van der Waals surface area contributed by atoms with Gasteiger partial charge in [0.1, 0.15) is 5.82 Å². The standard InChI is InChI=1S/C24H17FN4O2S2/c1-14(30)22-21(16-5-3-2-4-6-16)28-23(33-22)27-20(31)11-18-13-32-24-26-19(12-29(18)24)15-7-9-17(25)10-8-15/h2-10,12-13H,11H2,1H3,(H,27,28,31). The monoisotopic (exact) mass is 476 g/mol. The summed E-state index contributed by atoms with van der Waals surface area (Å²) in [6.45, 7) is 1.49. The summed E-state index contributed by atoms with van der Waals surface area (Å²) in [7, 11) is 0. The molecule has 0 unspecified atom stereocenters. The van der Waals surface area contributed by atoms with E-state index in [1.807, 2.05) is 46.3 Å². The molecule has 3 aromatic heterocycles. The van der Waals surface area contributed by atoms with E-state index in [2.05, 4.69) is 15.3 Å². The molecule has 1 amide bonds. The van der Waals surface area contributed by atoms with Gasteiger partial charge >= 0.3 is 0 Å². The Morgan fingerprint density at radius 2 is 1.79 bits per heavy atom. The number of nitrogens with one attached hydrogen (secondary N) is 1. The van der Waals surface area contributed by atoms with Crippen LogP contribution in [-0.4, -0.2) is 26.1 Å². The Balaban J connectivity index is 1.36. The van der Waals surface area contributed by atoms with E-state index in [1.165, 1.54) is 41.7 Å². The van der Waals surface area contributed by atoms with Gasteiger partial charge in [-0.3, -0.25) is 14.0 Å². The number of rotatable bonds is 6. The number of nitrogens with zero attached hydrogens (tertiary/aromatic N) is 3. The largest absolute Gasteiger partial charge is 0.302 e. The number of anilines is 1. The number of halogens is 1. The molecule has 0 radical (unpaired) electrons. The van der Waals surface area contributed by atoms with Gasteiger partial charge in [-0.1, -0.05) is 41.7 Å². The minimum atomic E-state index is -0.303. The first kappa shape index (κ1) is 21.2. The van der Waals surface area contributed by atoms with Crippen LogP contribution in [0.25, 0.3) is 27.5 Å². The molecule has 0 bridgehead atoms. The highest BCUT2D eigenvalue weighted by molar-refractivity contribution is 7.18. The highest BCUT2D eigenvalue weighted by atomic mass is 32.1. The zero-order valence-electron chi connectivity index (χ0n) is 17.4. The van der Waals surface area contributed by atoms with Crippen molar-refractivity contribution in [3.05, 3.63) is 82.6 Å². The molecule has 0 atom stereocenters. The summed E-state index contributed by atoms with van der Waals surface area (Å²) in [6, 6.07) is 15.6. The van der Waals surface area contributed by atoms with Crippen molar-refractivity contribution in [3.63, 3.8) is 0 Å². The quantitative estimate of drug-likeness (QED) is 0.319. The maximum atomic E-state index is 13.2. The number of carbonyl (C=O) groups excluding carboxylic acids is 2. The smallest absolute Gasteiger partial charge is 0.232 e. The lowest BCUT2D eigenvalue weighted by molar-refractivity contribution is -0.115. The van der Waals surface area contributed by atoms with Gasteiger partial charge in [0.2, 0.25) is 5.91 Å². The molecule has 5 aromatic rings. The van der Waals surface area contributed by atoms with Crippen LogP contribution in [0.15, 0.2) is 66.2 Å². The third-order valence-corrected chi connectivity index (χ3v) is 6.97. The Morgan fingerprint density at radius 3 is 2.52 bits per heavy atom. The van der Waals surface area contributed by atoms with Crippen molar-refractivity contribution in [2.24, 2.45) is 0 Å². The first-order valence-electron chi connectivity index (χ1n) is 10.1. The van der Waals surface area contributed by atoms with E-state index in [0.29, 0.717) is 21.4 Å². The fourth-order valence-electron chi connectivity index (χ4n) is 3.45. The third kappa shape index (κ3) is 4.33. The fourth-order valence-corrected chi connectivity index (χ4v) is 5.22. The second-order valence-electron chi connectivity index (χ2n) is 7.36. The number of aromatic nitrogens is 3. The molecule has 164 valence electrons. The summed E-state index contributed by atoms with van der Waals surface area (Å²) in [4.78, 5) is 35.2. The highest BCUT2D eigenvalue weighted by Crippen LogP contribution is 2.32. The first-order chi connectivity index (χ1) is 16.0. The van der Waals surface area contributed by atoms with Crippen molar-refractivity contribution in [2.45, 2.75) is 13.3 Å². The Labute approximate surface area is 196 Å². The molecule has 2 aromatic carbocycles. The van der Waals surface area contributed by atoms with Gasteiger partial charge in [-0.2, -0.15) is 0 Å². The molecule has 33 heavy (non-hydrogen) atoms. The highest BCUT2D eigenvalue weighted by Gasteiger charge is 2.19. The lowest BCUT2D eigenvalue weighted by Crippen LogP contribution is -2.15. The Kier molecular flexibility index (Phi) is 5.57. The van der Waals surface area contributed by atoms with Crippen LogP contribution in [-0.2, 0) is 11.2 Å². The van der Waals surface area contributed by atoms with E-state index < -0.39 is 0 Å². The summed E-state index contributed by atoms with van der Waals surface area (Å²) in [5.74, 6) is -0.643. The van der Waals surface area contributed by atoms with Crippen LogP contribution in [0.1, 0.15) is 22.3 Å². The molecule has 9 heteroatoms. The summed E-state index contributed by atoms with van der Waals surface area (Å²) in [5, 5.41) is 5.09. The Bertz CT molecular complexity index is 1470. The number of carbonyl (C=O) groups is 2. The van der Waals surface area contributed by atoms with E-state index in [1.54, 1.807) is 12.1 Å². The van der Waals surface area contributed by atoms with Gasteiger partial charge in [0.05, 0.1) is 22.7 Å². The number of imidazole rings is 1. The number of hydrogen-bond donors (Lipinski definition) is 1. The summed E-state index contributed by atoms with van der Waals surface area (Å²) >= 11 is 2.60. The topological polar surface area (TPSA) is 76.4 Å². The average Bonchev–Trinajstić information content (AvgIpc) is 3.51. The van der Waals surface area contributed by atoms with Gasteiger partial charge in [0.25, 0.3) is 0 Å². The molecule has 0 fully saturated rings. The molecule has 6 nitrogen and oxygen atoms in total. The summed E-state index contributed by atoms with van der Waals surface area (Å²) in [6.07, 6.45) is 1.96. The molecule has 0 aliphatic rings. The minimum absolute atomic E-state index is 0.0990. The summed E-state index contributed by atoms with van der Waals surface area (Å²) in [5.41, 5.74) is 3.68. The molecule has 0 saturated carbocycles. The van der Waals surface area contributed by atoms with Crippen molar-refractivity contribution in [1.29, 1.82) is 0 Å². The van der Waals surface area contributed by atoms with E-state index in [0.717, 1.165) is 21.8 Å². The Hall–Kier alpha value is -3.69. The van der Waals surface area contributed by atoms with Crippen LogP contribution in [0, 0.1) is 5.82 Å². The number of hydrogen-bond acceptors (Lipinski definition) is 6. The fraction of sp³-hybridized carbons (Fsp3) is 0.0833. The lowest BCUT2D eigenvalue weighted by atomic mass is 10.1. The number of thiazole rings is 2. The van der Waals surface area contributed by atoms with Gasteiger partial charge < -0.3 is 5.32 Å². The molecule has 3 heterocycles. The van der Waals surface area contributed by atoms with Crippen molar-refractivity contribution in [2.75, 3.05) is 5.32 Å². The van der Waals surface area contributed by atoms with Crippen LogP contribution < -0.4 is 5.32 Å². The van der Waals surface area contributed by atoms with E-state index in [9.17, 15) is 14.0 Å². The second kappa shape index (κ2) is 8.68. The first-order valence-corrected chi connectivity index (χ1v) is 11.8. The number of ketones is 1. The number of amides is 1. The van der Waals surface area contributed by atoms with Crippen LogP contribution in [0.4, 0.5) is 9.52 Å². The van der Waals surface area contributed by atoms with E-state index in [-0.39, 0.29) is 23.9 Å². The van der Waals surface area contributed by atoms with Gasteiger partial charge in [0, 0.05) is 35.3 Å². The molecular weight excluding hydrogens is 459 g/mol. The zero-order valence-corrected chi connectivity index (χ0v) is 19.0. The molecule has 5 rings (SSSR count). The average molecular weight is 477 g/mol. The normalized spacial score (nSPS) is 11.1. The maximum Gasteiger partial charge on any atom is 0.232 e. The van der Waals surface area contributed by atoms with Gasteiger partial charge in [0.15, 0.2) is 15.9 Å². The lowest BCUT2D eigenvalue weighted by Gasteiger charge is -2.01. The summed E-state index contributed by atoms with van der Waals surface area (Å²) < 4.78 is 15.1. The van der Waals surface area contributed by atoms with Gasteiger partial charge in [-0.05, 0) is 24.3 Å². The van der Waals surface area contributed by atoms with Crippen LogP contribution in [0.3, 0.4) is 0 Å². The predicted octanol–water partition coefficient (Wildman–Crippen LogP) is 5.71. The van der Waals surface area contributed by atoms with E-state index >= 15 is 0 Å². The number of benzene rings is 2. The van der Waals surface area contributed by atoms with Crippen LogP contribution >= 0.6 is 22.7 Å². The van der Waals surface area contributed by atoms with Crippen LogP contribution in [0.5, 0.6) is 0 Å². The number of Topliss-reactive ketones (excluding diaryl/α,β-unsaturated/α-hetero) is 1. The molecular formula is C24H17FN4O2S2. The number of fused-ring (bicyclic) bond motifs is 1. The van der Waals surface area contributed by atoms with Crippen molar-refractivity contribution < 1.29 is 14.0 Å².